The molecule has 28 heteroatoms. The Hall–Kier alpha value is -2.55. The van der Waals surface area contributed by atoms with Gasteiger partial charge >= 0.3 is 74.9 Å². The smallest absolute Gasteiger partial charge is 0.281 e. The normalized spacial score (nSPS) is 15.9. The summed E-state index contributed by atoms with van der Waals surface area (Å²) < 4.78 is 326. The first-order chi connectivity index (χ1) is 18.8. The number of nitrogens with zero attached hydrogens (tertiary/aromatic N) is 1. The third kappa shape index (κ3) is 5.56. The van der Waals surface area contributed by atoms with E-state index in [1.165, 1.54) is 0 Å². The van der Waals surface area contributed by atoms with Gasteiger partial charge in [-0.15, -0.1) is 0 Å². The minimum absolute atomic E-state index is 1.75. The van der Waals surface area contributed by atoms with Gasteiger partial charge < -0.3 is 0 Å². The van der Waals surface area contributed by atoms with Gasteiger partial charge in [0.2, 0.25) is 0 Å². The Morgan fingerprint density at radius 1 is 0.386 bits per heavy atom. The number of hydrogen-bond acceptors (Lipinski definition) is 3. The molecule has 0 saturated heterocycles. The summed E-state index contributed by atoms with van der Waals surface area (Å²) in [6.45, 7) is 0. The second kappa shape index (κ2) is 11.1. The molecule has 0 spiro atoms. The third-order valence-corrected chi connectivity index (χ3v) is 5.67. The van der Waals surface area contributed by atoms with Gasteiger partial charge in [-0.05, 0) is 12.1 Å². The first kappa shape index (κ1) is 41.4. The van der Waals surface area contributed by atoms with Gasteiger partial charge in [0.15, 0.2) is 0 Å². The number of alkyl halides is 23. The number of hydrogen-bond donors (Lipinski definition) is 1. The van der Waals surface area contributed by atoms with Crippen molar-refractivity contribution in [3.05, 3.63) is 30.6 Å². The van der Waals surface area contributed by atoms with Crippen molar-refractivity contribution >= 4 is 10.1 Å². The molecule has 1 heterocycles. The molecule has 0 aliphatic heterocycles. The Morgan fingerprint density at radius 3 is 0.773 bits per heavy atom. The summed E-state index contributed by atoms with van der Waals surface area (Å²) in [6.07, 6.45) is -4.66. The van der Waals surface area contributed by atoms with Crippen molar-refractivity contribution in [2.75, 3.05) is 0 Å². The van der Waals surface area contributed by atoms with E-state index >= 15 is 0 Å². The first-order valence-electron chi connectivity index (χ1n) is 9.42. The maximum Gasteiger partial charge on any atom is 0.460 e. The summed E-state index contributed by atoms with van der Waals surface area (Å²) in [4.78, 5) is 3.78. The average Bonchev–Trinajstić information content (AvgIpc) is 2.82. The van der Waals surface area contributed by atoms with Crippen LogP contribution in [0.15, 0.2) is 30.6 Å². The lowest BCUT2D eigenvalue weighted by Gasteiger charge is -2.44. The zero-order valence-corrected chi connectivity index (χ0v) is 20.0. The van der Waals surface area contributed by atoms with Gasteiger partial charge in [0.1, 0.15) is 0 Å². The molecule has 0 saturated carbocycles. The zero-order valence-electron chi connectivity index (χ0n) is 19.2. The van der Waals surface area contributed by atoms with Crippen LogP contribution >= 0.6 is 0 Å². The maximum atomic E-state index is 13.4. The molecule has 1 N–H and O–H groups in total. The second-order valence-corrected chi connectivity index (χ2v) is 9.15. The fourth-order valence-electron chi connectivity index (χ4n) is 2.22. The lowest BCUT2D eigenvalue weighted by Crippen LogP contribution is -2.77. The van der Waals surface area contributed by atoms with Gasteiger partial charge in [-0.1, -0.05) is 6.07 Å². The Balaban J connectivity index is 0.00000272. The van der Waals surface area contributed by atoms with E-state index in [9.17, 15) is 109 Å². The fourth-order valence-corrected chi connectivity index (χ4v) is 2.67. The highest BCUT2D eigenvalue weighted by Gasteiger charge is 2.99. The molecule has 44 heavy (non-hydrogen) atoms. The Morgan fingerprint density at radius 2 is 0.614 bits per heavy atom. The number of rotatable bonds is 10. The standard InChI is InChI=1S/C11HF23O3S.C5H5N/c12-1(13,2(14,15)4(18,19)6(22,23)8(26,27)10(30,31)32)3(16,17)5(20,21)7(24,25)9(28,29)11(33,34)38(35,36)37;1-2-4-6-5-3-1/h(H,35,36,37);1-5H. The summed E-state index contributed by atoms with van der Waals surface area (Å²) in [6, 6.07) is 5.72. The van der Waals surface area contributed by atoms with Crippen LogP contribution in [-0.2, 0) is 10.1 Å². The van der Waals surface area contributed by atoms with E-state index in [4.69, 9.17) is 4.55 Å². The van der Waals surface area contributed by atoms with Crippen molar-refractivity contribution < 1.29 is 114 Å². The lowest BCUT2D eigenvalue weighted by molar-refractivity contribution is -0.476. The molecule has 0 atom stereocenters. The van der Waals surface area contributed by atoms with E-state index < -0.39 is 74.9 Å². The number of aromatic nitrogens is 1. The van der Waals surface area contributed by atoms with Crippen molar-refractivity contribution in [2.24, 2.45) is 0 Å². The van der Waals surface area contributed by atoms with Crippen LogP contribution in [0.3, 0.4) is 0 Å². The predicted octanol–water partition coefficient (Wildman–Crippen LogP) is 7.83. The molecular formula is C16H6F23NO3S. The highest BCUT2D eigenvalue weighted by molar-refractivity contribution is 7.87. The Kier molecular flexibility index (Phi) is 10.4. The molecular weight excluding hydrogens is 723 g/mol. The molecule has 0 aromatic carbocycles. The molecule has 0 radical (unpaired) electrons. The van der Waals surface area contributed by atoms with Crippen LogP contribution in [0, 0.1) is 0 Å². The molecule has 0 aliphatic rings. The monoisotopic (exact) mass is 729 g/mol. The molecule has 1 rings (SSSR count). The molecule has 1 aromatic heterocycles. The molecule has 0 fully saturated rings. The minimum atomic E-state index is -9.58. The molecule has 0 unspecified atom stereocenters. The van der Waals surface area contributed by atoms with Gasteiger partial charge in [0.05, 0.1) is 0 Å². The van der Waals surface area contributed by atoms with Gasteiger partial charge in [0.25, 0.3) is 0 Å². The van der Waals surface area contributed by atoms with E-state index in [0.717, 1.165) is 0 Å². The van der Waals surface area contributed by atoms with Crippen LogP contribution in [-0.4, -0.2) is 82.7 Å². The number of pyridine rings is 1. The largest absolute Gasteiger partial charge is 0.460 e. The summed E-state index contributed by atoms with van der Waals surface area (Å²) >= 11 is 0. The minimum Gasteiger partial charge on any atom is -0.281 e. The molecule has 0 aliphatic carbocycles. The fraction of sp³-hybridized carbons (Fsp3) is 0.688. The second-order valence-electron chi connectivity index (χ2n) is 7.68. The highest BCUT2D eigenvalue weighted by atomic mass is 32.2. The molecule has 1 aromatic rings. The molecule has 0 bridgehead atoms. The topological polar surface area (TPSA) is 67.3 Å². The van der Waals surface area contributed by atoms with Gasteiger partial charge in [-0.25, -0.2) is 0 Å². The molecule has 0 amide bonds. The van der Waals surface area contributed by atoms with Gasteiger partial charge in [-0.2, -0.15) is 109 Å². The SMILES string of the molecule is O=S(=O)(O)C(F)(F)C(F)(F)C(F)(F)C(F)(F)C(F)(F)C(F)(F)C(F)(F)C(F)(F)C(F)(F)C(F)(F)C(F)(F)F.c1ccncc1. The molecule has 4 nitrogen and oxygen atoms in total. The molecule has 260 valence electrons. The van der Waals surface area contributed by atoms with Crippen LogP contribution in [0.25, 0.3) is 0 Å². The van der Waals surface area contributed by atoms with Crippen LogP contribution in [0.2, 0.25) is 0 Å². The van der Waals surface area contributed by atoms with Gasteiger partial charge in [-0.3, -0.25) is 9.54 Å². The maximum absolute atomic E-state index is 13.4. The van der Waals surface area contributed by atoms with E-state index in [0.29, 0.717) is 0 Å². The zero-order chi connectivity index (χ0) is 36.2. The van der Waals surface area contributed by atoms with Crippen molar-refractivity contribution in [1.29, 1.82) is 0 Å². The summed E-state index contributed by atoms with van der Waals surface area (Å²) in [5.74, 6) is -83.2. The Labute approximate surface area is 225 Å². The van der Waals surface area contributed by atoms with Crippen LogP contribution in [0.4, 0.5) is 101 Å². The predicted molar refractivity (Wildman–Crippen MR) is 91.3 cm³/mol. The van der Waals surface area contributed by atoms with Crippen molar-refractivity contribution in [2.45, 2.75) is 64.7 Å². The quantitative estimate of drug-likeness (QED) is 0.197. The lowest BCUT2D eigenvalue weighted by atomic mass is 9.86. The van der Waals surface area contributed by atoms with E-state index in [2.05, 4.69) is 4.98 Å². The van der Waals surface area contributed by atoms with Crippen LogP contribution in [0.1, 0.15) is 0 Å². The van der Waals surface area contributed by atoms with E-state index in [1.54, 1.807) is 12.4 Å². The highest BCUT2D eigenvalue weighted by Crippen LogP contribution is 2.67. The third-order valence-electron chi connectivity index (χ3n) is 4.77. The van der Waals surface area contributed by atoms with E-state index in [-0.39, 0.29) is 0 Å². The van der Waals surface area contributed by atoms with Crippen LogP contribution < -0.4 is 0 Å². The Bertz CT molecular complexity index is 1210. The van der Waals surface area contributed by atoms with Crippen molar-refractivity contribution in [3.8, 4) is 0 Å². The van der Waals surface area contributed by atoms with Crippen LogP contribution in [0.5, 0.6) is 0 Å². The van der Waals surface area contributed by atoms with Crippen molar-refractivity contribution in [3.63, 3.8) is 0 Å². The summed E-state index contributed by atoms with van der Waals surface area (Å²) in [7, 11) is -8.17. The van der Waals surface area contributed by atoms with E-state index in [1.807, 2.05) is 18.2 Å². The summed E-state index contributed by atoms with van der Waals surface area (Å²) in [5, 5.41) is -8.15. The summed E-state index contributed by atoms with van der Waals surface area (Å²) in [5.41, 5.74) is 0. The van der Waals surface area contributed by atoms with Gasteiger partial charge in [0, 0.05) is 12.4 Å². The average molecular weight is 729 g/mol. The first-order valence-corrected chi connectivity index (χ1v) is 10.9. The number of halogens is 23. The van der Waals surface area contributed by atoms with Crippen molar-refractivity contribution in [1.82, 2.24) is 4.98 Å².